The lowest BCUT2D eigenvalue weighted by molar-refractivity contribution is -0.129. The molecule has 2 N–H and O–H groups in total. The Kier molecular flexibility index (Phi) is 3.67. The number of fused-ring (bicyclic) bond motifs is 1. The number of carbonyl (C=O) groups is 2. The summed E-state index contributed by atoms with van der Waals surface area (Å²) in [6, 6.07) is 2.15. The number of rotatable bonds is 3. The minimum absolute atomic E-state index is 0.0190. The number of aryl methyl sites for hydroxylation is 2. The fourth-order valence-corrected chi connectivity index (χ4v) is 2.86. The lowest BCUT2D eigenvalue weighted by Gasteiger charge is -2.21. The van der Waals surface area contributed by atoms with Crippen LogP contribution in [0.25, 0.3) is 0 Å². The molecule has 0 radical (unpaired) electrons. The largest absolute Gasteiger partial charge is 0.355 e. The minimum atomic E-state index is -0.102. The minimum Gasteiger partial charge on any atom is -0.355 e. The maximum Gasteiger partial charge on any atom is 0.225 e. The molecule has 2 amide bonds. The van der Waals surface area contributed by atoms with E-state index in [0.29, 0.717) is 25.9 Å². The molecule has 2 aliphatic rings. The summed E-state index contributed by atoms with van der Waals surface area (Å²) in [5.41, 5.74) is 3.58. The monoisotopic (exact) mass is 273 g/mol. The molecular formula is C15H19N3O2. The van der Waals surface area contributed by atoms with Gasteiger partial charge in [0.25, 0.3) is 0 Å². The molecule has 3 rings (SSSR count). The molecule has 1 saturated heterocycles. The van der Waals surface area contributed by atoms with Crippen molar-refractivity contribution in [2.75, 3.05) is 6.54 Å². The predicted octanol–water partition coefficient (Wildman–Crippen LogP) is 0.713. The highest BCUT2D eigenvalue weighted by atomic mass is 16.2. The summed E-state index contributed by atoms with van der Waals surface area (Å²) in [6.45, 7) is 0.969. The number of nitrogens with one attached hydrogen (secondary N) is 2. The van der Waals surface area contributed by atoms with Crippen LogP contribution in [0.1, 0.15) is 36.1 Å². The first-order chi connectivity index (χ1) is 9.72. The average molecular weight is 273 g/mol. The zero-order valence-corrected chi connectivity index (χ0v) is 11.4. The van der Waals surface area contributed by atoms with E-state index in [1.165, 1.54) is 17.7 Å². The van der Waals surface area contributed by atoms with E-state index in [-0.39, 0.29) is 17.7 Å². The topological polar surface area (TPSA) is 71.1 Å². The average Bonchev–Trinajstić information content (AvgIpc) is 2.93. The van der Waals surface area contributed by atoms with Crippen molar-refractivity contribution in [2.45, 2.75) is 38.6 Å². The first-order valence-corrected chi connectivity index (χ1v) is 7.23. The summed E-state index contributed by atoms with van der Waals surface area (Å²) >= 11 is 0. The van der Waals surface area contributed by atoms with Crippen LogP contribution in [0.15, 0.2) is 12.3 Å². The molecule has 1 aliphatic heterocycles. The van der Waals surface area contributed by atoms with Crippen LogP contribution in [0.4, 0.5) is 0 Å². The standard InChI is InChI=1S/C15H19N3O2/c19-14-5-4-12(9-17-14)15(20)18-8-10-6-11-2-1-3-13(11)16-7-10/h6-7,12H,1-5,8-9H2,(H,17,19)(H,18,20)/t12-/m0/s1. The summed E-state index contributed by atoms with van der Waals surface area (Å²) in [6.07, 6.45) is 6.29. The summed E-state index contributed by atoms with van der Waals surface area (Å²) in [7, 11) is 0. The zero-order chi connectivity index (χ0) is 13.9. The molecule has 1 aromatic rings. The van der Waals surface area contributed by atoms with Gasteiger partial charge >= 0.3 is 0 Å². The van der Waals surface area contributed by atoms with Gasteiger partial charge in [-0.3, -0.25) is 14.6 Å². The maximum atomic E-state index is 12.0. The van der Waals surface area contributed by atoms with Crippen molar-refractivity contribution in [3.05, 3.63) is 29.1 Å². The Hall–Kier alpha value is -1.91. The van der Waals surface area contributed by atoms with Crippen molar-refractivity contribution in [2.24, 2.45) is 5.92 Å². The fourth-order valence-electron chi connectivity index (χ4n) is 2.86. The van der Waals surface area contributed by atoms with Gasteiger partial charge in [-0.2, -0.15) is 0 Å². The van der Waals surface area contributed by atoms with E-state index in [1.807, 2.05) is 6.20 Å². The Balaban J connectivity index is 1.54. The second kappa shape index (κ2) is 5.61. The molecule has 0 saturated carbocycles. The van der Waals surface area contributed by atoms with E-state index in [2.05, 4.69) is 21.7 Å². The van der Waals surface area contributed by atoms with E-state index in [9.17, 15) is 9.59 Å². The van der Waals surface area contributed by atoms with Gasteiger partial charge in [0.2, 0.25) is 11.8 Å². The van der Waals surface area contributed by atoms with Gasteiger partial charge in [-0.1, -0.05) is 6.07 Å². The highest BCUT2D eigenvalue weighted by Crippen LogP contribution is 2.20. The van der Waals surface area contributed by atoms with Gasteiger partial charge in [0.05, 0.1) is 5.92 Å². The molecule has 0 unspecified atom stereocenters. The third-order valence-corrected chi connectivity index (χ3v) is 4.08. The van der Waals surface area contributed by atoms with Crippen LogP contribution < -0.4 is 10.6 Å². The van der Waals surface area contributed by atoms with Crippen LogP contribution in [-0.4, -0.2) is 23.3 Å². The fraction of sp³-hybridized carbons (Fsp3) is 0.533. The van der Waals surface area contributed by atoms with Crippen LogP contribution in [0.2, 0.25) is 0 Å². The van der Waals surface area contributed by atoms with E-state index in [1.54, 1.807) is 0 Å². The van der Waals surface area contributed by atoms with Crippen LogP contribution in [0.5, 0.6) is 0 Å². The van der Waals surface area contributed by atoms with Crippen molar-refractivity contribution in [1.82, 2.24) is 15.6 Å². The van der Waals surface area contributed by atoms with Crippen molar-refractivity contribution < 1.29 is 9.59 Å². The lowest BCUT2D eigenvalue weighted by atomic mass is 9.98. The molecule has 1 fully saturated rings. The lowest BCUT2D eigenvalue weighted by Crippen LogP contribution is -2.42. The third-order valence-electron chi connectivity index (χ3n) is 4.08. The SMILES string of the molecule is O=C1CC[C@H](C(=O)NCc2cnc3c(c2)CCC3)CN1. The van der Waals surface area contributed by atoms with Crippen molar-refractivity contribution in [3.63, 3.8) is 0 Å². The molecule has 0 bridgehead atoms. The zero-order valence-electron chi connectivity index (χ0n) is 11.4. The first-order valence-electron chi connectivity index (χ1n) is 7.23. The van der Waals surface area contributed by atoms with Gasteiger partial charge in [-0.15, -0.1) is 0 Å². The quantitative estimate of drug-likeness (QED) is 0.852. The molecule has 106 valence electrons. The maximum absolute atomic E-state index is 12.0. The number of aromatic nitrogens is 1. The van der Waals surface area contributed by atoms with E-state index in [0.717, 1.165) is 18.4 Å². The summed E-state index contributed by atoms with van der Waals surface area (Å²) < 4.78 is 0. The van der Waals surface area contributed by atoms with Crippen LogP contribution in [-0.2, 0) is 29.0 Å². The Bertz CT molecular complexity index is 532. The molecule has 1 aliphatic carbocycles. The van der Waals surface area contributed by atoms with Gasteiger partial charge < -0.3 is 10.6 Å². The van der Waals surface area contributed by atoms with Gasteiger partial charge in [0, 0.05) is 31.4 Å². The highest BCUT2D eigenvalue weighted by molar-refractivity contribution is 5.83. The number of amides is 2. The molecule has 2 heterocycles. The van der Waals surface area contributed by atoms with Crippen LogP contribution >= 0.6 is 0 Å². The Morgan fingerprint density at radius 3 is 3.10 bits per heavy atom. The molecule has 1 aromatic heterocycles. The van der Waals surface area contributed by atoms with Crippen molar-refractivity contribution >= 4 is 11.8 Å². The van der Waals surface area contributed by atoms with Crippen molar-refractivity contribution in [3.8, 4) is 0 Å². The van der Waals surface area contributed by atoms with Gasteiger partial charge in [0.1, 0.15) is 0 Å². The number of nitrogens with zero attached hydrogens (tertiary/aromatic N) is 1. The molecule has 20 heavy (non-hydrogen) atoms. The van der Waals surface area contributed by atoms with Gasteiger partial charge in [-0.05, 0) is 36.8 Å². The van der Waals surface area contributed by atoms with E-state index in [4.69, 9.17) is 0 Å². The molecule has 0 spiro atoms. The first kappa shape index (κ1) is 13.1. The summed E-state index contributed by atoms with van der Waals surface area (Å²) in [4.78, 5) is 27.5. The number of hydrogen-bond acceptors (Lipinski definition) is 3. The second-order valence-electron chi connectivity index (χ2n) is 5.56. The van der Waals surface area contributed by atoms with E-state index >= 15 is 0 Å². The molecule has 1 atom stereocenters. The number of carbonyl (C=O) groups excluding carboxylic acids is 2. The van der Waals surface area contributed by atoms with Crippen LogP contribution in [0, 0.1) is 5.92 Å². The molecule has 5 heteroatoms. The van der Waals surface area contributed by atoms with Gasteiger partial charge in [-0.25, -0.2) is 0 Å². The number of hydrogen-bond donors (Lipinski definition) is 2. The summed E-state index contributed by atoms with van der Waals surface area (Å²) in [5.74, 6) is -0.0440. The normalized spacial score (nSPS) is 21.2. The Morgan fingerprint density at radius 2 is 2.30 bits per heavy atom. The van der Waals surface area contributed by atoms with Crippen LogP contribution in [0.3, 0.4) is 0 Å². The predicted molar refractivity (Wildman–Crippen MR) is 73.8 cm³/mol. The Labute approximate surface area is 118 Å². The van der Waals surface area contributed by atoms with Gasteiger partial charge in [0.15, 0.2) is 0 Å². The number of piperidine rings is 1. The molecule has 5 nitrogen and oxygen atoms in total. The van der Waals surface area contributed by atoms with Crippen molar-refractivity contribution in [1.29, 1.82) is 0 Å². The third kappa shape index (κ3) is 2.81. The molecular weight excluding hydrogens is 254 g/mol. The van der Waals surface area contributed by atoms with E-state index < -0.39 is 0 Å². The number of pyridine rings is 1. The second-order valence-corrected chi connectivity index (χ2v) is 5.56. The smallest absolute Gasteiger partial charge is 0.225 e. The highest BCUT2D eigenvalue weighted by Gasteiger charge is 2.24. The molecule has 0 aromatic carbocycles. The summed E-state index contributed by atoms with van der Waals surface area (Å²) in [5, 5.41) is 5.68. The Morgan fingerprint density at radius 1 is 1.40 bits per heavy atom.